The van der Waals surface area contributed by atoms with Gasteiger partial charge < -0.3 is 5.32 Å². The van der Waals surface area contributed by atoms with Crippen LogP contribution in [0.4, 0.5) is 0 Å². The molecule has 1 nitrogen and oxygen atoms in total. The lowest BCUT2D eigenvalue weighted by Gasteiger charge is -2.38. The van der Waals surface area contributed by atoms with Crippen LogP contribution in [0.2, 0.25) is 0 Å². The topological polar surface area (TPSA) is 12.0 Å². The minimum Gasteiger partial charge on any atom is -0.311 e. The van der Waals surface area contributed by atoms with Crippen LogP contribution < -0.4 is 5.32 Å². The molecule has 0 spiro atoms. The van der Waals surface area contributed by atoms with Crippen molar-refractivity contribution >= 4 is 27.3 Å². The van der Waals surface area contributed by atoms with Crippen LogP contribution >= 0.6 is 27.3 Å². The SMILES string of the molecule is CC1(CNCc2ccc(Br)s2)CCC1. The number of rotatable bonds is 4. The molecule has 3 heteroatoms. The van der Waals surface area contributed by atoms with Crippen LogP contribution in [-0.2, 0) is 6.54 Å². The van der Waals surface area contributed by atoms with Crippen molar-refractivity contribution in [2.24, 2.45) is 5.41 Å². The van der Waals surface area contributed by atoms with Crippen molar-refractivity contribution in [1.82, 2.24) is 5.32 Å². The number of halogens is 1. The van der Waals surface area contributed by atoms with Crippen LogP contribution in [0.5, 0.6) is 0 Å². The van der Waals surface area contributed by atoms with Gasteiger partial charge in [-0.05, 0) is 46.3 Å². The van der Waals surface area contributed by atoms with Crippen molar-refractivity contribution in [2.45, 2.75) is 32.7 Å². The zero-order valence-electron chi connectivity index (χ0n) is 8.48. The normalized spacial score (nSPS) is 19.3. The van der Waals surface area contributed by atoms with E-state index in [0.717, 1.165) is 6.54 Å². The van der Waals surface area contributed by atoms with E-state index in [0.29, 0.717) is 5.41 Å². The first-order valence-corrected chi connectivity index (χ1v) is 6.74. The Bertz CT molecular complexity index is 304. The Balaban J connectivity index is 1.72. The number of thiophene rings is 1. The van der Waals surface area contributed by atoms with E-state index < -0.39 is 0 Å². The van der Waals surface area contributed by atoms with Crippen LogP contribution in [0.25, 0.3) is 0 Å². The van der Waals surface area contributed by atoms with Gasteiger partial charge in [-0.3, -0.25) is 0 Å². The molecular weight excluding hydrogens is 258 g/mol. The van der Waals surface area contributed by atoms with Crippen molar-refractivity contribution in [1.29, 1.82) is 0 Å². The molecule has 1 aromatic heterocycles. The smallest absolute Gasteiger partial charge is 0.0701 e. The van der Waals surface area contributed by atoms with Gasteiger partial charge in [0.25, 0.3) is 0 Å². The molecule has 2 rings (SSSR count). The minimum absolute atomic E-state index is 0.592. The maximum absolute atomic E-state index is 3.55. The summed E-state index contributed by atoms with van der Waals surface area (Å²) in [5, 5.41) is 3.55. The summed E-state index contributed by atoms with van der Waals surface area (Å²) in [6, 6.07) is 4.30. The maximum atomic E-state index is 3.55. The fraction of sp³-hybridized carbons (Fsp3) is 0.636. The average molecular weight is 274 g/mol. The van der Waals surface area contributed by atoms with Gasteiger partial charge in [0.05, 0.1) is 3.79 Å². The van der Waals surface area contributed by atoms with Crippen LogP contribution in [0.3, 0.4) is 0 Å². The molecule has 0 saturated heterocycles. The largest absolute Gasteiger partial charge is 0.311 e. The summed E-state index contributed by atoms with van der Waals surface area (Å²) in [6.45, 7) is 4.57. The second-order valence-electron chi connectivity index (χ2n) is 4.47. The lowest BCUT2D eigenvalue weighted by atomic mass is 9.70. The van der Waals surface area contributed by atoms with Crippen molar-refractivity contribution in [3.8, 4) is 0 Å². The third-order valence-electron chi connectivity index (χ3n) is 3.04. The molecule has 0 aliphatic heterocycles. The molecule has 1 aliphatic rings. The van der Waals surface area contributed by atoms with E-state index in [-0.39, 0.29) is 0 Å². The zero-order valence-corrected chi connectivity index (χ0v) is 10.9. The summed E-state index contributed by atoms with van der Waals surface area (Å²) in [4.78, 5) is 1.42. The standard InChI is InChI=1S/C11H16BrNS/c1-11(5-2-6-11)8-13-7-9-3-4-10(12)14-9/h3-4,13H,2,5-8H2,1H3. The van der Waals surface area contributed by atoms with E-state index in [1.807, 2.05) is 11.3 Å². The Kier molecular flexibility index (Phi) is 3.30. The van der Waals surface area contributed by atoms with Crippen LogP contribution in [0.15, 0.2) is 15.9 Å². The zero-order chi connectivity index (χ0) is 10.0. The monoisotopic (exact) mass is 273 g/mol. The van der Waals surface area contributed by atoms with Gasteiger partial charge in [-0.25, -0.2) is 0 Å². The van der Waals surface area contributed by atoms with E-state index in [2.05, 4.69) is 40.3 Å². The van der Waals surface area contributed by atoms with Gasteiger partial charge in [-0.1, -0.05) is 13.3 Å². The van der Waals surface area contributed by atoms with Crippen molar-refractivity contribution < 1.29 is 0 Å². The Morgan fingerprint density at radius 2 is 2.29 bits per heavy atom. The minimum atomic E-state index is 0.592. The Morgan fingerprint density at radius 1 is 1.50 bits per heavy atom. The predicted molar refractivity (Wildman–Crippen MR) is 65.7 cm³/mol. The molecule has 1 N–H and O–H groups in total. The molecule has 0 aromatic carbocycles. The van der Waals surface area contributed by atoms with Gasteiger partial charge >= 0.3 is 0 Å². The Morgan fingerprint density at radius 3 is 2.79 bits per heavy atom. The highest BCUT2D eigenvalue weighted by molar-refractivity contribution is 9.11. The molecule has 1 fully saturated rings. The number of hydrogen-bond acceptors (Lipinski definition) is 2. The van der Waals surface area contributed by atoms with E-state index in [4.69, 9.17) is 0 Å². The van der Waals surface area contributed by atoms with Gasteiger partial charge in [0.15, 0.2) is 0 Å². The highest BCUT2D eigenvalue weighted by Gasteiger charge is 2.30. The van der Waals surface area contributed by atoms with Crippen molar-refractivity contribution in [2.75, 3.05) is 6.54 Å². The summed E-state index contributed by atoms with van der Waals surface area (Å²) in [5.74, 6) is 0. The summed E-state index contributed by atoms with van der Waals surface area (Å²) < 4.78 is 1.23. The molecule has 0 radical (unpaired) electrons. The van der Waals surface area contributed by atoms with Gasteiger partial charge in [0.2, 0.25) is 0 Å². The fourth-order valence-electron chi connectivity index (χ4n) is 1.89. The van der Waals surface area contributed by atoms with Crippen molar-refractivity contribution in [3.05, 3.63) is 20.8 Å². The molecule has 1 heterocycles. The average Bonchev–Trinajstić information content (AvgIpc) is 2.49. The first-order valence-electron chi connectivity index (χ1n) is 5.13. The van der Waals surface area contributed by atoms with E-state index in [9.17, 15) is 0 Å². The maximum Gasteiger partial charge on any atom is 0.0701 e. The number of nitrogens with one attached hydrogen (secondary N) is 1. The summed E-state index contributed by atoms with van der Waals surface area (Å²) in [7, 11) is 0. The molecule has 0 amide bonds. The molecule has 0 atom stereocenters. The molecule has 0 bridgehead atoms. The van der Waals surface area contributed by atoms with E-state index in [1.54, 1.807) is 0 Å². The van der Waals surface area contributed by atoms with Crippen LogP contribution in [-0.4, -0.2) is 6.54 Å². The fourth-order valence-corrected chi connectivity index (χ4v) is 3.34. The summed E-state index contributed by atoms with van der Waals surface area (Å²) in [5.41, 5.74) is 0.592. The molecule has 14 heavy (non-hydrogen) atoms. The second-order valence-corrected chi connectivity index (χ2v) is 7.02. The first kappa shape index (κ1) is 10.7. The predicted octanol–water partition coefficient (Wildman–Crippen LogP) is 3.79. The molecule has 1 aromatic rings. The molecular formula is C11H16BrNS. The van der Waals surface area contributed by atoms with Gasteiger partial charge in [-0.2, -0.15) is 0 Å². The van der Waals surface area contributed by atoms with Crippen LogP contribution in [0.1, 0.15) is 31.1 Å². The van der Waals surface area contributed by atoms with Crippen molar-refractivity contribution in [3.63, 3.8) is 0 Å². The highest BCUT2D eigenvalue weighted by Crippen LogP contribution is 2.39. The van der Waals surface area contributed by atoms with E-state index in [1.165, 1.54) is 34.5 Å². The van der Waals surface area contributed by atoms with Gasteiger partial charge in [0, 0.05) is 18.0 Å². The summed E-state index contributed by atoms with van der Waals surface area (Å²) >= 11 is 5.30. The molecule has 1 saturated carbocycles. The van der Waals surface area contributed by atoms with E-state index >= 15 is 0 Å². The highest BCUT2D eigenvalue weighted by atomic mass is 79.9. The molecule has 0 unspecified atom stereocenters. The van der Waals surface area contributed by atoms with Gasteiger partial charge in [0.1, 0.15) is 0 Å². The quantitative estimate of drug-likeness (QED) is 0.880. The third-order valence-corrected chi connectivity index (χ3v) is 4.66. The third kappa shape index (κ3) is 2.59. The Labute approximate surface area is 98.0 Å². The summed E-state index contributed by atoms with van der Waals surface area (Å²) in [6.07, 6.45) is 4.21. The van der Waals surface area contributed by atoms with Gasteiger partial charge in [-0.15, -0.1) is 11.3 Å². The first-order chi connectivity index (χ1) is 6.68. The number of hydrogen-bond donors (Lipinski definition) is 1. The van der Waals surface area contributed by atoms with Crippen LogP contribution in [0, 0.1) is 5.41 Å². The lowest BCUT2D eigenvalue weighted by molar-refractivity contribution is 0.156. The second kappa shape index (κ2) is 4.33. The molecule has 78 valence electrons. The molecule has 1 aliphatic carbocycles. The lowest BCUT2D eigenvalue weighted by Crippen LogP contribution is -2.36. The Hall–Kier alpha value is 0.140.